The Balaban J connectivity index is 1.93. The summed E-state index contributed by atoms with van der Waals surface area (Å²) < 4.78 is 0. The van der Waals surface area contributed by atoms with Gasteiger partial charge >= 0.3 is 0 Å². The second-order valence-electron chi connectivity index (χ2n) is 4.51. The molecule has 3 nitrogen and oxygen atoms in total. The normalized spacial score (nSPS) is 14.7. The van der Waals surface area contributed by atoms with Crippen LogP contribution in [-0.2, 0) is 4.79 Å². The van der Waals surface area contributed by atoms with E-state index < -0.39 is 0 Å². The van der Waals surface area contributed by atoms with E-state index in [9.17, 15) is 4.79 Å². The zero-order valence-corrected chi connectivity index (χ0v) is 11.1. The van der Waals surface area contributed by atoms with Crippen molar-refractivity contribution in [3.05, 3.63) is 23.8 Å². The molecule has 0 radical (unpaired) electrons. The number of thioether (sulfide) groups is 1. The van der Waals surface area contributed by atoms with Crippen LogP contribution in [-0.4, -0.2) is 29.6 Å². The molecule has 0 saturated heterocycles. The van der Waals surface area contributed by atoms with Gasteiger partial charge in [0.05, 0.1) is 5.75 Å². The number of rotatable bonds is 4. The third-order valence-corrected chi connectivity index (χ3v) is 4.18. The van der Waals surface area contributed by atoms with Gasteiger partial charge in [-0.2, -0.15) is 0 Å². The molecule has 0 spiro atoms. The molecule has 1 amide bonds. The van der Waals surface area contributed by atoms with E-state index in [0.29, 0.717) is 11.8 Å². The number of anilines is 1. The summed E-state index contributed by atoms with van der Waals surface area (Å²) in [6.45, 7) is 1.98. The summed E-state index contributed by atoms with van der Waals surface area (Å²) in [5.74, 6) is 0.666. The Hall–Kier alpha value is -1.16. The van der Waals surface area contributed by atoms with Crippen LogP contribution >= 0.6 is 11.8 Å². The van der Waals surface area contributed by atoms with Crippen LogP contribution in [0.1, 0.15) is 18.4 Å². The maximum absolute atomic E-state index is 11.9. The van der Waals surface area contributed by atoms with Gasteiger partial charge in [0.15, 0.2) is 0 Å². The van der Waals surface area contributed by atoms with Crippen molar-refractivity contribution < 1.29 is 4.79 Å². The highest BCUT2D eigenvalue weighted by Crippen LogP contribution is 2.29. The Kier molecular flexibility index (Phi) is 3.62. The number of carbonyl (C=O) groups excluding carboxylic acids is 1. The molecule has 1 fully saturated rings. The van der Waals surface area contributed by atoms with E-state index in [2.05, 4.69) is 0 Å². The molecule has 0 bridgehead atoms. The maximum atomic E-state index is 11.9. The Bertz CT molecular complexity index is 429. The van der Waals surface area contributed by atoms with Gasteiger partial charge in [0, 0.05) is 23.7 Å². The average Bonchev–Trinajstić information content (AvgIpc) is 3.13. The van der Waals surface area contributed by atoms with Gasteiger partial charge in [-0.1, -0.05) is 12.1 Å². The van der Waals surface area contributed by atoms with Gasteiger partial charge in [0.2, 0.25) is 5.91 Å². The predicted octanol–water partition coefficient (Wildman–Crippen LogP) is 2.29. The molecule has 1 aliphatic rings. The van der Waals surface area contributed by atoms with Crippen molar-refractivity contribution in [2.24, 2.45) is 0 Å². The van der Waals surface area contributed by atoms with Crippen LogP contribution in [0, 0.1) is 6.92 Å². The highest BCUT2D eigenvalue weighted by molar-refractivity contribution is 8.00. The molecule has 0 aromatic heterocycles. The van der Waals surface area contributed by atoms with Crippen molar-refractivity contribution in [2.45, 2.75) is 30.7 Å². The Morgan fingerprint density at radius 2 is 2.24 bits per heavy atom. The lowest BCUT2D eigenvalue weighted by atomic mass is 10.2. The van der Waals surface area contributed by atoms with Crippen molar-refractivity contribution >= 4 is 23.4 Å². The molecule has 92 valence electrons. The van der Waals surface area contributed by atoms with E-state index in [1.807, 2.05) is 37.1 Å². The summed E-state index contributed by atoms with van der Waals surface area (Å²) in [6.07, 6.45) is 2.30. The van der Waals surface area contributed by atoms with Crippen LogP contribution < -0.4 is 5.73 Å². The highest BCUT2D eigenvalue weighted by Gasteiger charge is 2.29. The number of aryl methyl sites for hydroxylation is 1. The zero-order valence-electron chi connectivity index (χ0n) is 10.3. The Labute approximate surface area is 106 Å². The highest BCUT2D eigenvalue weighted by atomic mass is 32.2. The van der Waals surface area contributed by atoms with Gasteiger partial charge in [-0.25, -0.2) is 0 Å². The molecule has 0 heterocycles. The fourth-order valence-electron chi connectivity index (χ4n) is 1.69. The Morgan fingerprint density at radius 1 is 1.53 bits per heavy atom. The lowest BCUT2D eigenvalue weighted by Gasteiger charge is -2.16. The number of nitrogen functional groups attached to an aromatic ring is 1. The first-order chi connectivity index (χ1) is 8.09. The van der Waals surface area contributed by atoms with Gasteiger partial charge in [-0.15, -0.1) is 11.8 Å². The van der Waals surface area contributed by atoms with Crippen LogP contribution in [0.5, 0.6) is 0 Å². The summed E-state index contributed by atoms with van der Waals surface area (Å²) in [5.41, 5.74) is 7.83. The molecule has 4 heteroatoms. The minimum absolute atomic E-state index is 0.193. The minimum Gasteiger partial charge on any atom is -0.398 e. The van der Waals surface area contributed by atoms with Crippen LogP contribution in [0.15, 0.2) is 23.1 Å². The van der Waals surface area contributed by atoms with E-state index in [-0.39, 0.29) is 5.91 Å². The van der Waals surface area contributed by atoms with Crippen molar-refractivity contribution in [2.75, 3.05) is 18.5 Å². The first-order valence-electron chi connectivity index (χ1n) is 5.83. The van der Waals surface area contributed by atoms with Crippen molar-refractivity contribution in [3.8, 4) is 0 Å². The molecular weight excluding hydrogens is 232 g/mol. The maximum Gasteiger partial charge on any atom is 0.232 e. The fourth-order valence-corrected chi connectivity index (χ4v) is 2.66. The third-order valence-electron chi connectivity index (χ3n) is 3.12. The molecule has 1 aliphatic carbocycles. The van der Waals surface area contributed by atoms with Gasteiger partial charge in [0.1, 0.15) is 0 Å². The van der Waals surface area contributed by atoms with E-state index in [1.54, 1.807) is 0 Å². The van der Waals surface area contributed by atoms with E-state index >= 15 is 0 Å². The number of nitrogens with two attached hydrogens (primary N) is 1. The molecule has 1 saturated carbocycles. The largest absolute Gasteiger partial charge is 0.398 e. The molecule has 0 atom stereocenters. The molecule has 1 aromatic rings. The summed E-state index contributed by atoms with van der Waals surface area (Å²) in [4.78, 5) is 14.7. The van der Waals surface area contributed by atoms with Gasteiger partial charge in [-0.05, 0) is 31.4 Å². The van der Waals surface area contributed by atoms with Crippen LogP contribution in [0.3, 0.4) is 0 Å². The van der Waals surface area contributed by atoms with Gasteiger partial charge in [0.25, 0.3) is 0 Å². The average molecular weight is 250 g/mol. The summed E-state index contributed by atoms with van der Waals surface area (Å²) in [5, 5.41) is 0. The van der Waals surface area contributed by atoms with Crippen LogP contribution in [0.2, 0.25) is 0 Å². The van der Waals surface area contributed by atoms with E-state index in [4.69, 9.17) is 5.73 Å². The first kappa shape index (κ1) is 12.3. The summed E-state index contributed by atoms with van der Waals surface area (Å²) in [7, 11) is 1.89. The topological polar surface area (TPSA) is 46.3 Å². The van der Waals surface area contributed by atoms with Crippen molar-refractivity contribution in [1.29, 1.82) is 0 Å². The molecule has 2 rings (SSSR count). The Morgan fingerprint density at radius 3 is 2.88 bits per heavy atom. The number of hydrogen-bond donors (Lipinski definition) is 1. The third kappa shape index (κ3) is 2.94. The second kappa shape index (κ2) is 5.00. The number of para-hydroxylation sites is 1. The van der Waals surface area contributed by atoms with E-state index in [1.165, 1.54) is 11.8 Å². The molecular formula is C13H18N2OS. The SMILES string of the molecule is Cc1cccc(SCC(=O)N(C)C2CC2)c1N. The molecule has 2 N–H and O–H groups in total. The van der Waals surface area contributed by atoms with Crippen molar-refractivity contribution in [3.63, 3.8) is 0 Å². The van der Waals surface area contributed by atoms with Crippen LogP contribution in [0.25, 0.3) is 0 Å². The zero-order chi connectivity index (χ0) is 12.4. The quantitative estimate of drug-likeness (QED) is 0.659. The second-order valence-corrected chi connectivity index (χ2v) is 5.53. The monoisotopic (exact) mass is 250 g/mol. The lowest BCUT2D eigenvalue weighted by Crippen LogP contribution is -2.30. The van der Waals surface area contributed by atoms with Gasteiger partial charge in [-0.3, -0.25) is 4.79 Å². The van der Waals surface area contributed by atoms with Crippen molar-refractivity contribution in [1.82, 2.24) is 4.90 Å². The van der Waals surface area contributed by atoms with E-state index in [0.717, 1.165) is 29.0 Å². The lowest BCUT2D eigenvalue weighted by molar-refractivity contribution is -0.127. The molecule has 17 heavy (non-hydrogen) atoms. The minimum atomic E-state index is 0.193. The number of nitrogens with zero attached hydrogens (tertiary/aromatic N) is 1. The van der Waals surface area contributed by atoms with Gasteiger partial charge < -0.3 is 10.6 Å². The summed E-state index contributed by atoms with van der Waals surface area (Å²) >= 11 is 1.53. The number of benzene rings is 1. The number of carbonyl (C=O) groups is 1. The smallest absolute Gasteiger partial charge is 0.232 e. The standard InChI is InChI=1S/C13H18N2OS/c1-9-4-3-5-11(13(9)14)17-8-12(16)15(2)10-6-7-10/h3-5,10H,6-8,14H2,1-2H3. The number of hydrogen-bond acceptors (Lipinski definition) is 3. The molecule has 1 aromatic carbocycles. The predicted molar refractivity (Wildman–Crippen MR) is 72.1 cm³/mol. The molecule has 0 aliphatic heterocycles. The number of amides is 1. The fraction of sp³-hybridized carbons (Fsp3) is 0.462. The van der Waals surface area contributed by atoms with Crippen LogP contribution in [0.4, 0.5) is 5.69 Å². The first-order valence-corrected chi connectivity index (χ1v) is 6.81. The molecule has 0 unspecified atom stereocenters. The summed E-state index contributed by atoms with van der Waals surface area (Å²) in [6, 6.07) is 6.41.